The van der Waals surface area contributed by atoms with Crippen LogP contribution in [0.3, 0.4) is 0 Å². The first-order valence-corrected chi connectivity index (χ1v) is 13.1. The minimum absolute atomic E-state index is 0.0230. The van der Waals surface area contributed by atoms with Crippen LogP contribution in [0.2, 0.25) is 0 Å². The molecule has 3 heterocycles. The second kappa shape index (κ2) is 7.99. The Kier molecular flexibility index (Phi) is 5.04. The summed E-state index contributed by atoms with van der Waals surface area (Å²) in [5, 5.41) is 1.83. The molecular formula is C26H24N4O2S2. The molecule has 2 aromatic heterocycles. The normalized spacial score (nSPS) is 21.1. The number of hydrogen-bond donors (Lipinski definition) is 1. The van der Waals surface area contributed by atoms with Crippen LogP contribution in [0, 0.1) is 19.8 Å². The second-order valence-corrected chi connectivity index (χ2v) is 11.6. The SMILES string of the molecule is Cc1cccc(-c2sc(C)nc2C(=O)N2[C@H](Cc3nc4cccc(C(N)=O)c4s3)C[C@@H]3C[C@@H]32)c1. The summed E-state index contributed by atoms with van der Waals surface area (Å²) in [4.78, 5) is 38.2. The molecule has 2 amide bonds. The summed E-state index contributed by atoms with van der Waals surface area (Å²) in [6.45, 7) is 4.02. The molecule has 4 aromatic rings. The van der Waals surface area contributed by atoms with Gasteiger partial charge in [0.05, 0.1) is 30.7 Å². The van der Waals surface area contributed by atoms with E-state index in [4.69, 9.17) is 10.7 Å². The number of amides is 2. The lowest BCUT2D eigenvalue weighted by molar-refractivity contribution is 0.0695. The number of nitrogens with zero attached hydrogens (tertiary/aromatic N) is 3. The van der Waals surface area contributed by atoms with Gasteiger partial charge in [0.2, 0.25) is 5.91 Å². The van der Waals surface area contributed by atoms with Crippen molar-refractivity contribution in [1.82, 2.24) is 14.9 Å². The summed E-state index contributed by atoms with van der Waals surface area (Å²) in [5.41, 5.74) is 9.61. The number of nitrogens with two attached hydrogens (primary N) is 1. The molecule has 1 aliphatic carbocycles. The van der Waals surface area contributed by atoms with Gasteiger partial charge in [0, 0.05) is 18.5 Å². The topological polar surface area (TPSA) is 89.2 Å². The number of fused-ring (bicyclic) bond motifs is 2. The van der Waals surface area contributed by atoms with Crippen molar-refractivity contribution in [2.45, 2.75) is 45.2 Å². The van der Waals surface area contributed by atoms with Crippen LogP contribution >= 0.6 is 22.7 Å². The molecule has 0 radical (unpaired) electrons. The van der Waals surface area contributed by atoms with Crippen LogP contribution in [0.1, 0.15) is 49.3 Å². The number of carbonyl (C=O) groups excluding carboxylic acids is 2. The maximum absolute atomic E-state index is 13.9. The van der Waals surface area contributed by atoms with E-state index in [0.717, 1.165) is 49.1 Å². The quantitative estimate of drug-likeness (QED) is 0.429. The Bertz CT molecular complexity index is 1460. The third-order valence-electron chi connectivity index (χ3n) is 6.80. The first kappa shape index (κ1) is 21.4. The van der Waals surface area contributed by atoms with E-state index in [-0.39, 0.29) is 11.9 Å². The molecule has 34 heavy (non-hydrogen) atoms. The van der Waals surface area contributed by atoms with E-state index in [9.17, 15) is 9.59 Å². The average molecular weight is 489 g/mol. The molecule has 2 N–H and O–H groups in total. The van der Waals surface area contributed by atoms with Gasteiger partial charge in [-0.2, -0.15) is 0 Å². The van der Waals surface area contributed by atoms with E-state index in [2.05, 4.69) is 35.0 Å². The highest BCUT2D eigenvalue weighted by molar-refractivity contribution is 7.19. The van der Waals surface area contributed by atoms with Crippen LogP contribution in [-0.4, -0.2) is 38.8 Å². The van der Waals surface area contributed by atoms with E-state index in [1.807, 2.05) is 25.1 Å². The van der Waals surface area contributed by atoms with Gasteiger partial charge < -0.3 is 10.6 Å². The minimum atomic E-state index is -0.442. The van der Waals surface area contributed by atoms with Crippen LogP contribution in [-0.2, 0) is 6.42 Å². The highest BCUT2D eigenvalue weighted by atomic mass is 32.1. The largest absolute Gasteiger partial charge is 0.366 e. The van der Waals surface area contributed by atoms with Crippen molar-refractivity contribution in [3.05, 3.63) is 69.3 Å². The molecule has 0 unspecified atom stereocenters. The lowest BCUT2D eigenvalue weighted by atomic mass is 10.1. The van der Waals surface area contributed by atoms with Gasteiger partial charge in [-0.1, -0.05) is 35.9 Å². The maximum atomic E-state index is 13.9. The zero-order valence-electron chi connectivity index (χ0n) is 18.9. The van der Waals surface area contributed by atoms with Crippen LogP contribution in [0.4, 0.5) is 0 Å². The Hall–Kier alpha value is -3.10. The molecule has 2 fully saturated rings. The van der Waals surface area contributed by atoms with Crippen molar-refractivity contribution in [2.75, 3.05) is 0 Å². The van der Waals surface area contributed by atoms with E-state index in [1.165, 1.54) is 11.3 Å². The van der Waals surface area contributed by atoms with Crippen molar-refractivity contribution in [1.29, 1.82) is 0 Å². The summed E-state index contributed by atoms with van der Waals surface area (Å²) in [5.74, 6) is 0.142. The summed E-state index contributed by atoms with van der Waals surface area (Å²) in [6, 6.07) is 14.1. The highest BCUT2D eigenvalue weighted by Crippen LogP contribution is 2.50. The molecule has 0 bridgehead atoms. The number of thiazole rings is 2. The number of rotatable bonds is 5. The zero-order valence-corrected chi connectivity index (χ0v) is 20.6. The van der Waals surface area contributed by atoms with Gasteiger partial charge in [-0.3, -0.25) is 9.59 Å². The molecule has 2 aromatic carbocycles. The lowest BCUT2D eigenvalue weighted by Gasteiger charge is -2.27. The number of aromatic nitrogens is 2. The number of piperidine rings is 1. The zero-order chi connectivity index (χ0) is 23.6. The number of likely N-dealkylation sites (tertiary alicyclic amines) is 1. The molecule has 1 saturated carbocycles. The molecule has 1 saturated heterocycles. The lowest BCUT2D eigenvalue weighted by Crippen LogP contribution is -2.40. The third kappa shape index (κ3) is 3.61. The summed E-state index contributed by atoms with van der Waals surface area (Å²) in [6.07, 6.45) is 2.73. The minimum Gasteiger partial charge on any atom is -0.366 e. The molecule has 6 rings (SSSR count). The molecule has 6 nitrogen and oxygen atoms in total. The van der Waals surface area contributed by atoms with Gasteiger partial charge in [0.25, 0.3) is 5.91 Å². The van der Waals surface area contributed by atoms with Crippen LogP contribution in [0.15, 0.2) is 42.5 Å². The van der Waals surface area contributed by atoms with Gasteiger partial charge in [-0.15, -0.1) is 22.7 Å². The van der Waals surface area contributed by atoms with Gasteiger partial charge in [0.1, 0.15) is 5.69 Å². The van der Waals surface area contributed by atoms with Crippen molar-refractivity contribution >= 4 is 44.7 Å². The smallest absolute Gasteiger partial charge is 0.274 e. The molecule has 1 aliphatic heterocycles. The van der Waals surface area contributed by atoms with Crippen molar-refractivity contribution < 1.29 is 9.59 Å². The van der Waals surface area contributed by atoms with Crippen LogP contribution in [0.25, 0.3) is 20.7 Å². The predicted octanol–water partition coefficient (Wildman–Crippen LogP) is 4.98. The van der Waals surface area contributed by atoms with Gasteiger partial charge in [0.15, 0.2) is 0 Å². The summed E-state index contributed by atoms with van der Waals surface area (Å²) >= 11 is 3.08. The van der Waals surface area contributed by atoms with Crippen molar-refractivity contribution in [3.63, 3.8) is 0 Å². The maximum Gasteiger partial charge on any atom is 0.274 e. The molecule has 0 spiro atoms. The molecule has 2 aliphatic rings. The number of benzene rings is 2. The molecule has 3 atom stereocenters. The molecular weight excluding hydrogens is 464 g/mol. The fourth-order valence-corrected chi connectivity index (χ4v) is 7.27. The standard InChI is InChI=1S/C26H24N4O2S2/c1-13-5-3-6-15(9-13)23-22(28-14(2)33-23)26(32)30-17(10-16-11-20(16)30)12-21-29-19-8-4-7-18(25(27)31)24(19)34-21/h3-9,16-17,20H,10-12H2,1-2H3,(H2,27,31)/t16-,17+,20+/m1/s1. The molecule has 8 heteroatoms. The second-order valence-electron chi connectivity index (χ2n) is 9.27. The Morgan fingerprint density at radius 3 is 2.71 bits per heavy atom. The predicted molar refractivity (Wildman–Crippen MR) is 135 cm³/mol. The summed E-state index contributed by atoms with van der Waals surface area (Å²) in [7, 11) is 0. The monoisotopic (exact) mass is 488 g/mol. The number of carbonyl (C=O) groups is 2. The fraction of sp³-hybridized carbons (Fsp3) is 0.308. The van der Waals surface area contributed by atoms with Gasteiger partial charge in [-0.25, -0.2) is 9.97 Å². The van der Waals surface area contributed by atoms with Crippen molar-refractivity contribution in [3.8, 4) is 10.4 Å². The fourth-order valence-electron chi connectivity index (χ4n) is 5.21. The van der Waals surface area contributed by atoms with E-state index in [0.29, 0.717) is 29.6 Å². The van der Waals surface area contributed by atoms with E-state index < -0.39 is 5.91 Å². The first-order chi connectivity index (χ1) is 16.4. The van der Waals surface area contributed by atoms with Crippen molar-refractivity contribution in [2.24, 2.45) is 11.7 Å². The highest BCUT2D eigenvalue weighted by Gasteiger charge is 2.54. The van der Waals surface area contributed by atoms with Gasteiger partial charge >= 0.3 is 0 Å². The average Bonchev–Trinajstić information content (AvgIpc) is 3.12. The Balaban J connectivity index is 1.32. The molecule has 172 valence electrons. The number of aryl methyl sites for hydroxylation is 2. The number of hydrogen-bond acceptors (Lipinski definition) is 6. The Labute approximate surface area is 205 Å². The number of primary amides is 1. The van der Waals surface area contributed by atoms with Gasteiger partial charge in [-0.05, 0) is 50.3 Å². The van der Waals surface area contributed by atoms with E-state index in [1.54, 1.807) is 17.4 Å². The Morgan fingerprint density at radius 1 is 1.09 bits per heavy atom. The first-order valence-electron chi connectivity index (χ1n) is 11.4. The van der Waals surface area contributed by atoms with E-state index >= 15 is 0 Å². The third-order valence-corrected chi connectivity index (χ3v) is 8.94. The summed E-state index contributed by atoms with van der Waals surface area (Å²) < 4.78 is 0.822. The van der Waals surface area contributed by atoms with Crippen LogP contribution in [0.5, 0.6) is 0 Å². The Morgan fingerprint density at radius 2 is 1.91 bits per heavy atom. The van der Waals surface area contributed by atoms with Crippen LogP contribution < -0.4 is 5.73 Å².